The van der Waals surface area contributed by atoms with Crippen LogP contribution in [0.2, 0.25) is 0 Å². The van der Waals surface area contributed by atoms with Gasteiger partial charge in [0.05, 0.1) is 25.2 Å². The van der Waals surface area contributed by atoms with Gasteiger partial charge in [0, 0.05) is 6.04 Å². The Morgan fingerprint density at radius 1 is 1.53 bits per heavy atom. The first kappa shape index (κ1) is 13.5. The Balaban J connectivity index is 4.37. The van der Waals surface area contributed by atoms with Crippen molar-refractivity contribution < 1.29 is 4.79 Å². The molecule has 1 N–H and O–H groups in total. The molecule has 0 saturated carbocycles. The van der Waals surface area contributed by atoms with Crippen LogP contribution in [0.3, 0.4) is 0 Å². The highest BCUT2D eigenvalue weighted by Gasteiger charge is 2.22. The van der Waals surface area contributed by atoms with E-state index in [-0.39, 0.29) is 31.1 Å². The van der Waals surface area contributed by atoms with Crippen LogP contribution < -0.4 is 5.32 Å². The van der Waals surface area contributed by atoms with Crippen molar-refractivity contribution in [3.05, 3.63) is 0 Å². The van der Waals surface area contributed by atoms with Crippen molar-refractivity contribution in [3.63, 3.8) is 0 Å². The number of nitrogens with one attached hydrogen (secondary N) is 1. The summed E-state index contributed by atoms with van der Waals surface area (Å²) in [6, 6.07) is 1.86. The zero-order valence-corrected chi connectivity index (χ0v) is 9.45. The van der Waals surface area contributed by atoms with Crippen LogP contribution in [-0.4, -0.2) is 36.0 Å². The molecule has 0 bridgehead atoms. The van der Waals surface area contributed by atoms with E-state index in [1.807, 2.05) is 24.8 Å². The molecule has 1 atom stereocenters. The fourth-order valence-electron chi connectivity index (χ4n) is 1.28. The first-order valence-electron chi connectivity index (χ1n) is 4.88. The minimum absolute atomic E-state index is 0.142. The fraction of sp³-hybridized carbons (Fsp3) is 0.636. The summed E-state index contributed by atoms with van der Waals surface area (Å²) in [6.07, 6.45) is 5.04. The molecule has 0 rings (SSSR count). The molecule has 0 aromatic rings. The molecular formula is C11H17N3O. The predicted octanol–water partition coefficient (Wildman–Crippen LogP) is 0.358. The molecule has 0 heterocycles. The van der Waals surface area contributed by atoms with Gasteiger partial charge >= 0.3 is 0 Å². The topological polar surface area (TPSA) is 56.1 Å². The van der Waals surface area contributed by atoms with Gasteiger partial charge in [0.2, 0.25) is 5.91 Å². The van der Waals surface area contributed by atoms with E-state index < -0.39 is 0 Å². The minimum Gasteiger partial charge on any atom is -0.344 e. The normalized spacial score (nSPS) is 11.9. The van der Waals surface area contributed by atoms with Crippen LogP contribution in [0.15, 0.2) is 0 Å². The Morgan fingerprint density at radius 2 is 2.13 bits per heavy atom. The maximum absolute atomic E-state index is 11.6. The van der Waals surface area contributed by atoms with Crippen LogP contribution in [0.4, 0.5) is 0 Å². The molecule has 1 unspecified atom stereocenters. The highest BCUT2D eigenvalue weighted by atomic mass is 16.2. The van der Waals surface area contributed by atoms with E-state index in [1.54, 1.807) is 6.92 Å². The molecular weight excluding hydrogens is 190 g/mol. The van der Waals surface area contributed by atoms with E-state index in [0.29, 0.717) is 0 Å². The van der Waals surface area contributed by atoms with Gasteiger partial charge in [-0.3, -0.25) is 9.69 Å². The Hall–Kier alpha value is -1.52. The summed E-state index contributed by atoms with van der Waals surface area (Å²) in [6.45, 7) is 6.12. The highest BCUT2D eigenvalue weighted by Crippen LogP contribution is 2.04. The molecule has 15 heavy (non-hydrogen) atoms. The van der Waals surface area contributed by atoms with E-state index >= 15 is 0 Å². The summed E-state index contributed by atoms with van der Waals surface area (Å²) < 4.78 is 0. The van der Waals surface area contributed by atoms with Crippen molar-refractivity contribution in [3.8, 4) is 18.4 Å². The largest absolute Gasteiger partial charge is 0.344 e. The summed E-state index contributed by atoms with van der Waals surface area (Å²) in [5, 5.41) is 11.2. The molecule has 1 amide bonds. The third-order valence-electron chi connectivity index (χ3n) is 2.16. The van der Waals surface area contributed by atoms with Gasteiger partial charge in [-0.2, -0.15) is 5.26 Å². The van der Waals surface area contributed by atoms with E-state index in [9.17, 15) is 4.79 Å². The lowest BCUT2D eigenvalue weighted by Crippen LogP contribution is -2.48. The molecule has 4 nitrogen and oxygen atoms in total. The summed E-state index contributed by atoms with van der Waals surface area (Å²) >= 11 is 0. The average molecular weight is 207 g/mol. The Morgan fingerprint density at radius 3 is 2.53 bits per heavy atom. The molecule has 0 aromatic heterocycles. The van der Waals surface area contributed by atoms with Crippen LogP contribution in [-0.2, 0) is 4.79 Å². The SMILES string of the molecule is C#CCNC(=O)C(C)N(CC#N)C(C)C. The smallest absolute Gasteiger partial charge is 0.237 e. The number of nitriles is 1. The quantitative estimate of drug-likeness (QED) is 0.523. The number of hydrogen-bond donors (Lipinski definition) is 1. The first-order chi connectivity index (χ1) is 7.04. The summed E-state index contributed by atoms with van der Waals surface area (Å²) in [5.41, 5.74) is 0. The van der Waals surface area contributed by atoms with Crippen LogP contribution in [0.1, 0.15) is 20.8 Å². The highest BCUT2D eigenvalue weighted by molar-refractivity contribution is 5.81. The molecule has 0 radical (unpaired) electrons. The number of amides is 1. The van der Waals surface area contributed by atoms with Gasteiger partial charge in [0.25, 0.3) is 0 Å². The minimum atomic E-state index is -0.335. The van der Waals surface area contributed by atoms with Gasteiger partial charge < -0.3 is 5.32 Å². The lowest BCUT2D eigenvalue weighted by Gasteiger charge is -2.29. The van der Waals surface area contributed by atoms with Gasteiger partial charge in [0.1, 0.15) is 0 Å². The predicted molar refractivity (Wildman–Crippen MR) is 58.8 cm³/mol. The molecule has 82 valence electrons. The van der Waals surface area contributed by atoms with Crippen LogP contribution in [0, 0.1) is 23.7 Å². The molecule has 0 saturated heterocycles. The van der Waals surface area contributed by atoms with Crippen molar-refractivity contribution in [2.45, 2.75) is 32.9 Å². The Bertz CT molecular complexity index is 285. The molecule has 0 aliphatic carbocycles. The van der Waals surface area contributed by atoms with Gasteiger partial charge in [0.15, 0.2) is 0 Å². The van der Waals surface area contributed by atoms with Crippen LogP contribution in [0.5, 0.6) is 0 Å². The molecule has 0 aromatic carbocycles. The maximum Gasteiger partial charge on any atom is 0.237 e. The number of carbonyl (C=O) groups excluding carboxylic acids is 1. The molecule has 0 aliphatic rings. The van der Waals surface area contributed by atoms with E-state index in [0.717, 1.165) is 0 Å². The van der Waals surface area contributed by atoms with Crippen molar-refractivity contribution in [2.24, 2.45) is 0 Å². The van der Waals surface area contributed by atoms with Gasteiger partial charge in [-0.25, -0.2) is 0 Å². The summed E-state index contributed by atoms with van der Waals surface area (Å²) in [7, 11) is 0. The maximum atomic E-state index is 11.6. The zero-order valence-electron chi connectivity index (χ0n) is 9.45. The van der Waals surface area contributed by atoms with Crippen molar-refractivity contribution in [2.75, 3.05) is 13.1 Å². The molecule has 0 spiro atoms. The third kappa shape index (κ3) is 4.49. The average Bonchev–Trinajstić information content (AvgIpc) is 2.21. The fourth-order valence-corrected chi connectivity index (χ4v) is 1.28. The standard InChI is InChI=1S/C11H17N3O/c1-5-7-13-11(15)10(4)14(8-6-12)9(2)3/h1,9-10H,7-8H2,2-4H3,(H,13,15). The molecule has 4 heteroatoms. The van der Waals surface area contributed by atoms with Crippen molar-refractivity contribution in [1.82, 2.24) is 10.2 Å². The van der Waals surface area contributed by atoms with Gasteiger partial charge in [-0.15, -0.1) is 6.42 Å². The van der Waals surface area contributed by atoms with Gasteiger partial charge in [-0.05, 0) is 20.8 Å². The molecule has 0 fully saturated rings. The zero-order chi connectivity index (χ0) is 11.8. The third-order valence-corrected chi connectivity index (χ3v) is 2.16. The summed E-state index contributed by atoms with van der Waals surface area (Å²) in [5.74, 6) is 2.20. The second-order valence-electron chi connectivity index (χ2n) is 3.52. The van der Waals surface area contributed by atoms with Crippen molar-refractivity contribution >= 4 is 5.91 Å². The second-order valence-corrected chi connectivity index (χ2v) is 3.52. The first-order valence-corrected chi connectivity index (χ1v) is 4.88. The Kier molecular flexibility index (Phi) is 6.17. The van der Waals surface area contributed by atoms with E-state index in [2.05, 4.69) is 11.2 Å². The number of terminal acetylenes is 1. The molecule has 0 aliphatic heterocycles. The van der Waals surface area contributed by atoms with E-state index in [1.165, 1.54) is 0 Å². The second kappa shape index (κ2) is 6.86. The van der Waals surface area contributed by atoms with Crippen LogP contribution >= 0.6 is 0 Å². The van der Waals surface area contributed by atoms with Crippen molar-refractivity contribution in [1.29, 1.82) is 5.26 Å². The number of rotatable bonds is 5. The number of nitrogens with zero attached hydrogens (tertiary/aromatic N) is 2. The van der Waals surface area contributed by atoms with Crippen LogP contribution in [0.25, 0.3) is 0 Å². The summed E-state index contributed by atoms with van der Waals surface area (Å²) in [4.78, 5) is 13.4. The van der Waals surface area contributed by atoms with E-state index in [4.69, 9.17) is 11.7 Å². The number of carbonyl (C=O) groups is 1. The Labute approximate surface area is 91.3 Å². The van der Waals surface area contributed by atoms with Gasteiger partial charge in [-0.1, -0.05) is 5.92 Å². The lowest BCUT2D eigenvalue weighted by molar-refractivity contribution is -0.126. The monoisotopic (exact) mass is 207 g/mol. The lowest BCUT2D eigenvalue weighted by atomic mass is 10.2. The number of hydrogen-bond acceptors (Lipinski definition) is 3.